The molecule has 0 aliphatic heterocycles. The molecule has 0 unspecified atom stereocenters. The summed E-state index contributed by atoms with van der Waals surface area (Å²) in [5, 5.41) is 15.1. The molecule has 1 atom stereocenters. The number of halogens is 1. The minimum atomic E-state index is -0.804. The molecule has 0 bridgehead atoms. The fraction of sp³-hybridized carbons (Fsp3) is 0.450. The van der Waals surface area contributed by atoms with Crippen molar-refractivity contribution < 1.29 is 14.6 Å². The lowest BCUT2D eigenvalue weighted by atomic mass is 10.1. The van der Waals surface area contributed by atoms with Crippen molar-refractivity contribution in [2.75, 3.05) is 13.1 Å². The summed E-state index contributed by atoms with van der Waals surface area (Å²) in [4.78, 5) is 39.0. The van der Waals surface area contributed by atoms with Crippen LogP contribution in [0.15, 0.2) is 39.8 Å². The van der Waals surface area contributed by atoms with Crippen molar-refractivity contribution in [2.45, 2.75) is 39.2 Å². The van der Waals surface area contributed by atoms with Gasteiger partial charge in [0.2, 0.25) is 11.8 Å². The lowest BCUT2D eigenvalue weighted by Crippen LogP contribution is -2.46. The van der Waals surface area contributed by atoms with Crippen molar-refractivity contribution in [3.05, 3.63) is 50.5 Å². The average Bonchev–Trinajstić information content (AvgIpc) is 2.68. The number of rotatable bonds is 12. The number of hydrogen-bond donors (Lipinski definition) is 4. The topological polar surface area (TPSA) is 152 Å². The summed E-state index contributed by atoms with van der Waals surface area (Å²) in [6.45, 7) is 4.79. The normalized spacial score (nSPS) is 12.6. The van der Waals surface area contributed by atoms with Crippen molar-refractivity contribution in [3.63, 3.8) is 0 Å². The number of nitrogens with zero attached hydrogens (tertiary/aromatic N) is 2. The number of nitrogens with two attached hydrogens (primary N) is 1. The molecule has 1 aromatic carbocycles. The lowest BCUT2D eigenvalue weighted by molar-refractivity contribution is -0.525. The molecule has 0 aromatic heterocycles. The smallest absolute Gasteiger partial charge is 0.251 e. The van der Waals surface area contributed by atoms with Gasteiger partial charge in [0.25, 0.3) is 5.96 Å². The van der Waals surface area contributed by atoms with Gasteiger partial charge in [-0.3, -0.25) is 9.59 Å². The molecule has 2 amide bonds. The Balaban J connectivity index is 2.70. The first-order valence-corrected chi connectivity index (χ1v) is 10.7. The third-order valence-corrected chi connectivity index (χ3v) is 4.83. The van der Waals surface area contributed by atoms with Gasteiger partial charge in [-0.15, -0.1) is 0 Å². The lowest BCUT2D eigenvalue weighted by Gasteiger charge is -2.18. The van der Waals surface area contributed by atoms with E-state index in [1.807, 2.05) is 24.3 Å². The molecule has 0 heterocycles. The van der Waals surface area contributed by atoms with Crippen LogP contribution in [0.3, 0.4) is 0 Å². The molecule has 0 fully saturated rings. The van der Waals surface area contributed by atoms with Gasteiger partial charge in [0.15, 0.2) is 5.03 Å². The summed E-state index contributed by atoms with van der Waals surface area (Å²) in [6, 6.07) is 6.68. The quantitative estimate of drug-likeness (QED) is 0.0866. The Morgan fingerprint density at radius 2 is 2.00 bits per heavy atom. The van der Waals surface area contributed by atoms with Crippen LogP contribution in [0.5, 0.6) is 0 Å². The second kappa shape index (κ2) is 14.1. The Bertz CT molecular complexity index is 813. The van der Waals surface area contributed by atoms with E-state index in [1.165, 1.54) is 6.08 Å². The number of amides is 2. The summed E-state index contributed by atoms with van der Waals surface area (Å²) >= 11 is 3.41. The van der Waals surface area contributed by atoms with Gasteiger partial charge in [-0.1, -0.05) is 53.4 Å². The average molecular weight is 497 g/mol. The molecule has 170 valence electrons. The third kappa shape index (κ3) is 11.7. The van der Waals surface area contributed by atoms with Gasteiger partial charge in [0.1, 0.15) is 6.04 Å². The van der Waals surface area contributed by atoms with E-state index in [0.717, 1.165) is 16.5 Å². The zero-order valence-corrected chi connectivity index (χ0v) is 19.2. The molecule has 0 aliphatic carbocycles. The van der Waals surface area contributed by atoms with Gasteiger partial charge in [-0.25, -0.2) is 15.1 Å². The van der Waals surface area contributed by atoms with Crippen LogP contribution >= 0.6 is 15.9 Å². The van der Waals surface area contributed by atoms with Gasteiger partial charge in [0, 0.05) is 23.6 Å². The first kappa shape index (κ1) is 26.1. The zero-order valence-electron chi connectivity index (χ0n) is 17.6. The van der Waals surface area contributed by atoms with Gasteiger partial charge < -0.3 is 16.4 Å². The molecule has 0 saturated heterocycles. The SMILES string of the molecule is CC(C)CCNC(=O)[C@H](CCCN=C(N)N[N+](=O)[O-])NC(=O)/C=C/c1ccccc1Br. The van der Waals surface area contributed by atoms with Crippen molar-refractivity contribution in [2.24, 2.45) is 16.6 Å². The van der Waals surface area contributed by atoms with E-state index in [2.05, 4.69) is 45.4 Å². The van der Waals surface area contributed by atoms with Crippen molar-refractivity contribution >= 4 is 39.8 Å². The van der Waals surface area contributed by atoms with Crippen LogP contribution in [0.1, 0.15) is 38.7 Å². The summed E-state index contributed by atoms with van der Waals surface area (Å²) in [5.74, 6) is -0.572. The van der Waals surface area contributed by atoms with Crippen LogP contribution in [0.4, 0.5) is 0 Å². The summed E-state index contributed by atoms with van der Waals surface area (Å²) in [5.41, 5.74) is 7.95. The molecule has 31 heavy (non-hydrogen) atoms. The van der Waals surface area contributed by atoms with Crippen LogP contribution in [-0.2, 0) is 9.59 Å². The number of nitro groups is 1. The second-order valence-corrected chi connectivity index (χ2v) is 8.02. The Labute approximate surface area is 190 Å². The van der Waals surface area contributed by atoms with Crippen LogP contribution in [0.25, 0.3) is 6.08 Å². The van der Waals surface area contributed by atoms with Crippen molar-refractivity contribution in [1.82, 2.24) is 16.1 Å². The monoisotopic (exact) mass is 496 g/mol. The number of carbonyl (C=O) groups excluding carboxylic acids is 2. The highest BCUT2D eigenvalue weighted by Crippen LogP contribution is 2.17. The molecule has 11 heteroatoms. The highest BCUT2D eigenvalue weighted by Gasteiger charge is 2.19. The maximum absolute atomic E-state index is 12.5. The number of nitrogens with one attached hydrogen (secondary N) is 3. The number of hydrazine groups is 1. The molecular formula is C20H29BrN6O4. The third-order valence-electron chi connectivity index (χ3n) is 4.11. The number of aliphatic imine (C=N–C) groups is 1. The minimum absolute atomic E-state index is 0.172. The summed E-state index contributed by atoms with van der Waals surface area (Å²) < 4.78 is 0.848. The predicted octanol–water partition coefficient (Wildman–Crippen LogP) is 1.99. The predicted molar refractivity (Wildman–Crippen MR) is 123 cm³/mol. The fourth-order valence-electron chi connectivity index (χ4n) is 2.50. The zero-order chi connectivity index (χ0) is 23.2. The number of guanidine groups is 1. The second-order valence-electron chi connectivity index (χ2n) is 7.17. The Hall–Kier alpha value is -2.95. The van der Waals surface area contributed by atoms with E-state index in [1.54, 1.807) is 11.5 Å². The van der Waals surface area contributed by atoms with E-state index in [4.69, 9.17) is 5.73 Å². The largest absolute Gasteiger partial charge is 0.365 e. The number of benzene rings is 1. The van der Waals surface area contributed by atoms with E-state index in [-0.39, 0.29) is 18.4 Å². The van der Waals surface area contributed by atoms with E-state index in [9.17, 15) is 19.7 Å². The first-order chi connectivity index (χ1) is 14.7. The minimum Gasteiger partial charge on any atom is -0.365 e. The Morgan fingerprint density at radius 3 is 2.65 bits per heavy atom. The van der Waals surface area contributed by atoms with Crippen molar-refractivity contribution in [3.8, 4) is 0 Å². The Kier molecular flexibility index (Phi) is 11.9. The standard InChI is InChI=1S/C20H29BrN6O4/c1-14(2)11-13-23-19(29)17(8-5-12-24-20(22)26-27(30)31)25-18(28)10-9-15-6-3-4-7-16(15)21/h3-4,6-7,9-10,14,17H,5,8,11-13H2,1-2H3,(H,23,29)(H,25,28)(H3,22,24,26)/b10-9+/t17-/m0/s1. The molecule has 1 aromatic rings. The highest BCUT2D eigenvalue weighted by atomic mass is 79.9. The molecule has 0 saturated carbocycles. The summed E-state index contributed by atoms with van der Waals surface area (Å²) in [7, 11) is 0. The number of hydrogen-bond acceptors (Lipinski definition) is 5. The molecular weight excluding hydrogens is 468 g/mol. The van der Waals surface area contributed by atoms with Crippen LogP contribution in [-0.4, -0.2) is 41.9 Å². The van der Waals surface area contributed by atoms with Crippen LogP contribution in [0.2, 0.25) is 0 Å². The molecule has 0 aliphatic rings. The van der Waals surface area contributed by atoms with Crippen molar-refractivity contribution in [1.29, 1.82) is 0 Å². The molecule has 10 nitrogen and oxygen atoms in total. The highest BCUT2D eigenvalue weighted by molar-refractivity contribution is 9.10. The molecule has 0 spiro atoms. The summed E-state index contributed by atoms with van der Waals surface area (Å²) in [6.07, 6.45) is 4.54. The molecule has 5 N–H and O–H groups in total. The van der Waals surface area contributed by atoms with E-state index in [0.29, 0.717) is 25.3 Å². The van der Waals surface area contributed by atoms with Gasteiger partial charge in [-0.05, 0) is 42.9 Å². The van der Waals surface area contributed by atoms with E-state index >= 15 is 0 Å². The first-order valence-electron chi connectivity index (χ1n) is 9.90. The maximum Gasteiger partial charge on any atom is 0.251 e. The molecule has 1 rings (SSSR count). The van der Waals surface area contributed by atoms with Gasteiger partial charge in [-0.2, -0.15) is 0 Å². The fourth-order valence-corrected chi connectivity index (χ4v) is 2.91. The molecule has 0 radical (unpaired) electrons. The number of carbonyl (C=O) groups is 2. The van der Waals surface area contributed by atoms with Crippen LogP contribution in [0, 0.1) is 16.0 Å². The van der Waals surface area contributed by atoms with Crippen LogP contribution < -0.4 is 21.8 Å². The maximum atomic E-state index is 12.5. The van der Waals surface area contributed by atoms with E-state index < -0.39 is 17.0 Å². The van der Waals surface area contributed by atoms with Gasteiger partial charge in [0.05, 0.1) is 0 Å². The Morgan fingerprint density at radius 1 is 1.29 bits per heavy atom. The van der Waals surface area contributed by atoms with Gasteiger partial charge >= 0.3 is 0 Å².